The van der Waals surface area contributed by atoms with Crippen LogP contribution in [-0.4, -0.2) is 89.9 Å². The number of esters is 1. The van der Waals surface area contributed by atoms with Crippen molar-refractivity contribution in [2.75, 3.05) is 25.0 Å². The van der Waals surface area contributed by atoms with Crippen LogP contribution >= 0.6 is 15.9 Å². The average molecular weight is 697 g/mol. The Morgan fingerprint density at radius 2 is 1.82 bits per heavy atom. The molecule has 1 saturated carbocycles. The van der Waals surface area contributed by atoms with Crippen LogP contribution in [-0.2, 0) is 33.4 Å². The summed E-state index contributed by atoms with van der Waals surface area (Å²) in [5.74, 6) is 0.321. The summed E-state index contributed by atoms with van der Waals surface area (Å²) in [4.78, 5) is 47.0. The van der Waals surface area contributed by atoms with E-state index >= 15 is 0 Å². The molecule has 2 aliphatic heterocycles. The van der Waals surface area contributed by atoms with Crippen molar-refractivity contribution >= 4 is 39.6 Å². The van der Waals surface area contributed by atoms with Gasteiger partial charge in [-0.1, -0.05) is 53.6 Å². The predicted molar refractivity (Wildman–Crippen MR) is 173 cm³/mol. The molecule has 0 radical (unpaired) electrons. The van der Waals surface area contributed by atoms with Crippen molar-refractivity contribution in [3.8, 4) is 0 Å². The van der Waals surface area contributed by atoms with Gasteiger partial charge in [0, 0.05) is 45.0 Å². The highest BCUT2D eigenvalue weighted by atomic mass is 79.9. The van der Waals surface area contributed by atoms with Crippen molar-refractivity contribution in [3.05, 3.63) is 36.0 Å². The van der Waals surface area contributed by atoms with Gasteiger partial charge in [0.05, 0.1) is 18.0 Å². The molecule has 0 unspecified atom stereocenters. The minimum Gasteiger partial charge on any atom is -0.459 e. The van der Waals surface area contributed by atoms with E-state index in [9.17, 15) is 24.3 Å². The normalized spacial score (nSPS) is 32.3. The van der Waals surface area contributed by atoms with Gasteiger partial charge >= 0.3 is 5.97 Å². The van der Waals surface area contributed by atoms with Gasteiger partial charge in [-0.3, -0.25) is 19.2 Å². The number of carbonyl (C=O) groups is 4. The topological polar surface area (TPSA) is 156 Å². The maximum absolute atomic E-state index is 12.5. The molecule has 11 nitrogen and oxygen atoms in total. The number of halogens is 1. The molecule has 3 fully saturated rings. The number of alkyl halides is 1. The maximum atomic E-state index is 12.5. The van der Waals surface area contributed by atoms with Crippen molar-refractivity contribution in [2.45, 2.75) is 103 Å². The standard InChI is InChI=1S/C33H50BrN3O8/c1-20(6-9-25-14-22(3)27(15-21(25)2)37-30(40)11-8-23(4)44-24(5)38)7-10-28-32(42)33(19-43-33)16-26(45-28)18-36-29(39)12-13-35-31(41)17-34/h6-8,10-11,21-23,25-28,32,42H,9,12-19H2,1-5H3,(H,35,41)(H,36,39)(H,37,40)/b10-7+,11-8-,20-6+/t21-,22-,23-,25+,26-,27+,28+,32+,33+/m0/s1. The summed E-state index contributed by atoms with van der Waals surface area (Å²) in [5, 5.41) is 19.8. The van der Waals surface area contributed by atoms with E-state index in [1.54, 1.807) is 13.0 Å². The molecule has 0 bridgehead atoms. The van der Waals surface area contributed by atoms with Gasteiger partial charge in [0.2, 0.25) is 17.7 Å². The zero-order chi connectivity index (χ0) is 33.1. The SMILES string of the molecule is CC(=O)O[C@@H](C)/C=C\C(=O)N[C@@H]1C[C@H](C)[C@H](C/C=C(C)/C=C/[C@H]2O[C@H](CNC(=O)CCNC(=O)CBr)C[C@@]3(CO3)[C@@H]2O)C[C@@H]1C. The molecule has 1 aliphatic carbocycles. The Hall–Kier alpha value is -2.54. The lowest BCUT2D eigenvalue weighted by molar-refractivity contribution is -0.143. The van der Waals surface area contributed by atoms with Gasteiger partial charge in [0.1, 0.15) is 23.9 Å². The van der Waals surface area contributed by atoms with Crippen LogP contribution in [0.25, 0.3) is 0 Å². The first-order valence-electron chi connectivity index (χ1n) is 15.9. The molecular formula is C33H50BrN3O8. The van der Waals surface area contributed by atoms with E-state index in [0.717, 1.165) is 24.8 Å². The molecule has 252 valence electrons. The van der Waals surface area contributed by atoms with Crippen molar-refractivity contribution in [1.29, 1.82) is 0 Å². The summed E-state index contributed by atoms with van der Waals surface area (Å²) < 4.78 is 16.8. The molecule has 2 heterocycles. The number of rotatable bonds is 14. The molecule has 2 saturated heterocycles. The van der Waals surface area contributed by atoms with Gasteiger partial charge in [-0.05, 0) is 56.9 Å². The Morgan fingerprint density at radius 1 is 1.09 bits per heavy atom. The Bertz CT molecular complexity index is 1140. The second-order valence-electron chi connectivity index (χ2n) is 12.8. The number of ether oxygens (including phenoxy) is 3. The van der Waals surface area contributed by atoms with Gasteiger partial charge in [-0.2, -0.15) is 0 Å². The van der Waals surface area contributed by atoms with E-state index in [4.69, 9.17) is 14.2 Å². The van der Waals surface area contributed by atoms with E-state index < -0.39 is 23.9 Å². The first-order valence-corrected chi connectivity index (χ1v) is 17.0. The molecular weight excluding hydrogens is 646 g/mol. The van der Waals surface area contributed by atoms with E-state index in [-0.39, 0.29) is 54.1 Å². The van der Waals surface area contributed by atoms with Crippen molar-refractivity contribution in [3.63, 3.8) is 0 Å². The molecule has 1 spiro atoms. The van der Waals surface area contributed by atoms with Crippen LogP contribution in [0.4, 0.5) is 0 Å². The van der Waals surface area contributed by atoms with Crippen molar-refractivity contribution < 1.29 is 38.5 Å². The highest BCUT2D eigenvalue weighted by Crippen LogP contribution is 2.42. The third kappa shape index (κ3) is 12.0. The smallest absolute Gasteiger partial charge is 0.303 e. The summed E-state index contributed by atoms with van der Waals surface area (Å²) in [6, 6.07) is 0.0853. The van der Waals surface area contributed by atoms with Gasteiger partial charge < -0.3 is 35.3 Å². The molecule has 0 aromatic rings. The van der Waals surface area contributed by atoms with E-state index in [2.05, 4.69) is 51.8 Å². The Morgan fingerprint density at radius 3 is 2.49 bits per heavy atom. The Balaban J connectivity index is 1.47. The summed E-state index contributed by atoms with van der Waals surface area (Å²) in [6.07, 6.45) is 10.4. The monoisotopic (exact) mass is 695 g/mol. The van der Waals surface area contributed by atoms with E-state index in [1.165, 1.54) is 13.0 Å². The molecule has 3 aliphatic rings. The number of epoxide rings is 1. The minimum absolute atomic E-state index is 0.0853. The molecule has 0 aromatic heterocycles. The molecule has 12 heteroatoms. The van der Waals surface area contributed by atoms with Gasteiger partial charge in [-0.15, -0.1) is 0 Å². The zero-order valence-electron chi connectivity index (χ0n) is 27.1. The number of allylic oxidation sites excluding steroid dienone is 3. The number of amides is 3. The van der Waals surface area contributed by atoms with Gasteiger partial charge in [-0.25, -0.2) is 0 Å². The second kappa shape index (κ2) is 17.4. The van der Waals surface area contributed by atoms with Crippen molar-refractivity contribution in [2.24, 2.45) is 17.8 Å². The predicted octanol–water partition coefficient (Wildman–Crippen LogP) is 2.86. The fourth-order valence-electron chi connectivity index (χ4n) is 6.12. The lowest BCUT2D eigenvalue weighted by atomic mass is 9.71. The molecule has 45 heavy (non-hydrogen) atoms. The summed E-state index contributed by atoms with van der Waals surface area (Å²) in [6.45, 7) is 10.5. The molecule has 9 atom stereocenters. The molecule has 4 N–H and O–H groups in total. The van der Waals surface area contributed by atoms with Gasteiger partial charge in [0.15, 0.2) is 0 Å². The van der Waals surface area contributed by atoms with Crippen LogP contribution < -0.4 is 16.0 Å². The lowest BCUT2D eigenvalue weighted by Crippen LogP contribution is -2.52. The van der Waals surface area contributed by atoms with Crippen LogP contribution in [0.1, 0.15) is 66.7 Å². The largest absolute Gasteiger partial charge is 0.459 e. The minimum atomic E-state index is -0.793. The number of carbonyl (C=O) groups excluding carboxylic acids is 4. The third-order valence-electron chi connectivity index (χ3n) is 8.89. The molecule has 3 amide bonds. The highest BCUT2D eigenvalue weighted by molar-refractivity contribution is 9.09. The summed E-state index contributed by atoms with van der Waals surface area (Å²) in [5.41, 5.74) is 0.431. The average Bonchev–Trinajstić information content (AvgIpc) is 3.76. The van der Waals surface area contributed by atoms with Crippen molar-refractivity contribution in [1.82, 2.24) is 16.0 Å². The first kappa shape index (κ1) is 36.9. The zero-order valence-corrected chi connectivity index (χ0v) is 28.6. The summed E-state index contributed by atoms with van der Waals surface area (Å²) >= 11 is 3.07. The lowest BCUT2D eigenvalue weighted by Gasteiger charge is -2.39. The van der Waals surface area contributed by atoms with Crippen LogP contribution in [0.5, 0.6) is 0 Å². The second-order valence-corrected chi connectivity index (χ2v) is 13.3. The fourth-order valence-corrected chi connectivity index (χ4v) is 6.32. The third-order valence-corrected chi connectivity index (χ3v) is 9.40. The van der Waals surface area contributed by atoms with Crippen LogP contribution in [0.3, 0.4) is 0 Å². The first-order chi connectivity index (χ1) is 21.3. The fraction of sp³-hybridized carbons (Fsp3) is 0.697. The Kier molecular flexibility index (Phi) is 14.3. The van der Waals surface area contributed by atoms with E-state index in [0.29, 0.717) is 37.3 Å². The van der Waals surface area contributed by atoms with Crippen LogP contribution in [0, 0.1) is 17.8 Å². The summed E-state index contributed by atoms with van der Waals surface area (Å²) in [7, 11) is 0. The van der Waals surface area contributed by atoms with Crippen LogP contribution in [0.2, 0.25) is 0 Å². The van der Waals surface area contributed by atoms with Gasteiger partial charge in [0.25, 0.3) is 0 Å². The van der Waals surface area contributed by atoms with E-state index in [1.807, 2.05) is 19.1 Å². The number of nitrogens with one attached hydrogen (secondary N) is 3. The number of hydrogen-bond acceptors (Lipinski definition) is 8. The Labute approximate surface area is 275 Å². The molecule has 3 rings (SSSR count). The maximum Gasteiger partial charge on any atom is 0.303 e. The van der Waals surface area contributed by atoms with Crippen LogP contribution in [0.15, 0.2) is 36.0 Å². The highest BCUT2D eigenvalue weighted by Gasteiger charge is 2.58. The number of aliphatic hydroxyl groups excluding tert-OH is 1. The molecule has 0 aromatic carbocycles. The number of aliphatic hydroxyl groups is 1. The number of hydrogen-bond donors (Lipinski definition) is 4. The quantitative estimate of drug-likeness (QED) is 0.0711.